The Hall–Kier alpha value is -1.90. The summed E-state index contributed by atoms with van der Waals surface area (Å²) in [6, 6.07) is 14.3. The molecule has 0 N–H and O–H groups in total. The van der Waals surface area contributed by atoms with Crippen LogP contribution in [0.4, 0.5) is 10.1 Å². The number of piperidine rings is 1. The van der Waals surface area contributed by atoms with Crippen molar-refractivity contribution >= 4 is 33.4 Å². The summed E-state index contributed by atoms with van der Waals surface area (Å²) in [6.07, 6.45) is 1.07. The Bertz CT molecular complexity index is 941. The van der Waals surface area contributed by atoms with Gasteiger partial charge in [0.25, 0.3) is 0 Å². The van der Waals surface area contributed by atoms with E-state index in [1.54, 1.807) is 59.1 Å². The lowest BCUT2D eigenvalue weighted by Gasteiger charge is -2.43. The lowest BCUT2D eigenvalue weighted by atomic mass is 10.0. The van der Waals surface area contributed by atoms with Crippen molar-refractivity contribution in [2.75, 3.05) is 23.7 Å². The van der Waals surface area contributed by atoms with E-state index >= 15 is 0 Å². The Balaban J connectivity index is 1.57. The van der Waals surface area contributed by atoms with Crippen molar-refractivity contribution in [1.29, 1.82) is 0 Å². The Kier molecular flexibility index (Phi) is 4.73. The van der Waals surface area contributed by atoms with Gasteiger partial charge in [-0.05, 0) is 49.2 Å². The first kappa shape index (κ1) is 18.5. The average Bonchev–Trinajstić information content (AvgIpc) is 2.99. The molecule has 0 unspecified atom stereocenters. The van der Waals surface area contributed by atoms with E-state index < -0.39 is 14.9 Å². The van der Waals surface area contributed by atoms with Crippen LogP contribution in [0.1, 0.15) is 12.8 Å². The summed E-state index contributed by atoms with van der Waals surface area (Å²) in [6.45, 7) is 0.685. The second-order valence-corrected chi connectivity index (χ2v) is 9.93. The normalized spacial score (nSPS) is 20.3. The number of sulfonamides is 1. The molecule has 4 rings (SSSR count). The molecule has 2 heterocycles. The quantitative estimate of drug-likeness (QED) is 0.786. The number of anilines is 1. The molecule has 2 aromatic carbocycles. The second-order valence-electron chi connectivity index (χ2n) is 6.66. The molecule has 8 heteroatoms. The van der Waals surface area contributed by atoms with E-state index in [2.05, 4.69) is 0 Å². The van der Waals surface area contributed by atoms with E-state index in [4.69, 9.17) is 0 Å². The minimum Gasteiger partial charge on any atom is -0.296 e. The van der Waals surface area contributed by atoms with Crippen LogP contribution in [-0.4, -0.2) is 42.3 Å². The number of nitrogens with zero attached hydrogens (tertiary/aromatic N) is 2. The number of halogens is 1. The lowest BCUT2D eigenvalue weighted by Crippen LogP contribution is -2.53. The van der Waals surface area contributed by atoms with Crippen molar-refractivity contribution in [2.45, 2.75) is 22.6 Å². The zero-order valence-corrected chi connectivity index (χ0v) is 16.2. The average molecular weight is 407 g/mol. The maximum atomic E-state index is 13.3. The third-order valence-electron chi connectivity index (χ3n) is 5.09. The van der Waals surface area contributed by atoms with Gasteiger partial charge >= 0.3 is 0 Å². The fourth-order valence-electron chi connectivity index (χ4n) is 3.71. The van der Waals surface area contributed by atoms with Gasteiger partial charge in [-0.1, -0.05) is 18.2 Å². The molecular weight excluding hydrogens is 387 g/mol. The first-order valence-electron chi connectivity index (χ1n) is 8.70. The van der Waals surface area contributed by atoms with Crippen LogP contribution in [0.15, 0.2) is 59.5 Å². The highest BCUT2D eigenvalue weighted by molar-refractivity contribution is 8.02. The zero-order chi connectivity index (χ0) is 19.1. The smallest absolute Gasteiger partial charge is 0.243 e. The number of hydrogen-bond donors (Lipinski definition) is 0. The molecule has 0 radical (unpaired) electrons. The molecule has 0 bridgehead atoms. The van der Waals surface area contributed by atoms with Gasteiger partial charge in [0, 0.05) is 18.8 Å². The number of benzene rings is 2. The molecule has 2 saturated heterocycles. The van der Waals surface area contributed by atoms with Crippen LogP contribution in [0.3, 0.4) is 0 Å². The maximum Gasteiger partial charge on any atom is 0.243 e. The van der Waals surface area contributed by atoms with Crippen molar-refractivity contribution in [3.05, 3.63) is 60.4 Å². The van der Waals surface area contributed by atoms with Crippen LogP contribution in [-0.2, 0) is 14.8 Å². The monoisotopic (exact) mass is 406 g/mol. The lowest BCUT2D eigenvalue weighted by molar-refractivity contribution is -0.116. The molecule has 0 saturated carbocycles. The summed E-state index contributed by atoms with van der Waals surface area (Å²) in [5.74, 6) is -0.0233. The van der Waals surface area contributed by atoms with Crippen molar-refractivity contribution in [1.82, 2.24) is 4.31 Å². The van der Waals surface area contributed by atoms with Gasteiger partial charge in [-0.2, -0.15) is 4.31 Å². The van der Waals surface area contributed by atoms with Crippen molar-refractivity contribution < 1.29 is 17.6 Å². The number of rotatable bonds is 3. The van der Waals surface area contributed by atoms with E-state index in [9.17, 15) is 17.6 Å². The van der Waals surface area contributed by atoms with E-state index in [0.29, 0.717) is 37.4 Å². The SMILES string of the molecule is O=C1CSC2(CCN(S(=O)(=O)c3ccccc3)CC2)N1c1ccc(F)cc1. The molecular formula is C19H19FN2O3S2. The van der Waals surface area contributed by atoms with Crippen LogP contribution in [0.5, 0.6) is 0 Å². The van der Waals surface area contributed by atoms with Gasteiger partial charge in [0.1, 0.15) is 5.82 Å². The van der Waals surface area contributed by atoms with Crippen LogP contribution in [0, 0.1) is 5.82 Å². The summed E-state index contributed by atoms with van der Waals surface area (Å²) in [4.78, 5) is 14.0. The minimum absolute atomic E-state index is 0.0222. The number of amides is 1. The third kappa shape index (κ3) is 3.26. The van der Waals surface area contributed by atoms with Crippen LogP contribution < -0.4 is 4.90 Å². The fourth-order valence-corrected chi connectivity index (χ4v) is 6.50. The van der Waals surface area contributed by atoms with Gasteiger partial charge in [0.05, 0.1) is 15.5 Å². The fraction of sp³-hybridized carbons (Fsp3) is 0.316. The molecule has 27 heavy (non-hydrogen) atoms. The van der Waals surface area contributed by atoms with Gasteiger partial charge in [0.15, 0.2) is 0 Å². The first-order chi connectivity index (χ1) is 12.9. The molecule has 0 aromatic heterocycles. The summed E-state index contributed by atoms with van der Waals surface area (Å²) in [5, 5.41) is 0. The van der Waals surface area contributed by atoms with E-state index in [0.717, 1.165) is 0 Å². The largest absolute Gasteiger partial charge is 0.296 e. The molecule has 1 spiro atoms. The summed E-state index contributed by atoms with van der Waals surface area (Å²) in [5.41, 5.74) is 0.658. The second kappa shape index (κ2) is 6.92. The number of carbonyl (C=O) groups excluding carboxylic acids is 1. The molecule has 142 valence electrons. The molecule has 2 aliphatic rings. The number of carbonyl (C=O) groups is 1. The molecule has 0 atom stereocenters. The number of hydrogen-bond acceptors (Lipinski definition) is 4. The predicted molar refractivity (Wildman–Crippen MR) is 104 cm³/mol. The molecule has 1 amide bonds. The van der Waals surface area contributed by atoms with Crippen molar-refractivity contribution in [2.24, 2.45) is 0 Å². The van der Waals surface area contributed by atoms with E-state index in [-0.39, 0.29) is 16.6 Å². The zero-order valence-electron chi connectivity index (χ0n) is 14.5. The minimum atomic E-state index is -3.54. The van der Waals surface area contributed by atoms with Gasteiger partial charge in [-0.3, -0.25) is 9.69 Å². The van der Waals surface area contributed by atoms with E-state index in [1.807, 2.05) is 0 Å². The molecule has 5 nitrogen and oxygen atoms in total. The van der Waals surface area contributed by atoms with Crippen LogP contribution in [0.25, 0.3) is 0 Å². The van der Waals surface area contributed by atoms with Crippen molar-refractivity contribution in [3.63, 3.8) is 0 Å². The van der Waals surface area contributed by atoms with Crippen LogP contribution >= 0.6 is 11.8 Å². The van der Waals surface area contributed by atoms with Gasteiger partial charge < -0.3 is 0 Å². The number of thioether (sulfide) groups is 1. The van der Waals surface area contributed by atoms with E-state index in [1.165, 1.54) is 16.4 Å². The molecule has 2 aliphatic heterocycles. The molecule has 2 aromatic rings. The highest BCUT2D eigenvalue weighted by Gasteiger charge is 2.49. The maximum absolute atomic E-state index is 13.3. The third-order valence-corrected chi connectivity index (χ3v) is 8.52. The summed E-state index contributed by atoms with van der Waals surface area (Å²) in [7, 11) is -3.54. The Morgan fingerprint density at radius 1 is 0.963 bits per heavy atom. The van der Waals surface area contributed by atoms with Gasteiger partial charge in [0.2, 0.25) is 15.9 Å². The highest BCUT2D eigenvalue weighted by atomic mass is 32.2. The summed E-state index contributed by atoms with van der Waals surface area (Å²) >= 11 is 1.55. The molecule has 2 fully saturated rings. The Labute approximate surface area is 162 Å². The Morgan fingerprint density at radius 3 is 2.22 bits per heavy atom. The topological polar surface area (TPSA) is 57.7 Å². The first-order valence-corrected chi connectivity index (χ1v) is 11.1. The van der Waals surface area contributed by atoms with Gasteiger partial charge in [-0.25, -0.2) is 12.8 Å². The highest BCUT2D eigenvalue weighted by Crippen LogP contribution is 2.47. The Morgan fingerprint density at radius 2 is 1.59 bits per heavy atom. The van der Waals surface area contributed by atoms with Gasteiger partial charge in [-0.15, -0.1) is 11.8 Å². The van der Waals surface area contributed by atoms with Crippen LogP contribution in [0.2, 0.25) is 0 Å². The predicted octanol–water partition coefficient (Wildman–Crippen LogP) is 3.09. The van der Waals surface area contributed by atoms with Crippen molar-refractivity contribution in [3.8, 4) is 0 Å². The standard InChI is InChI=1S/C19H19FN2O3S2/c20-15-6-8-16(9-7-15)22-18(23)14-26-19(22)10-12-21(13-11-19)27(24,25)17-4-2-1-3-5-17/h1-9H,10-14H2. The molecule has 0 aliphatic carbocycles. The summed E-state index contributed by atoms with van der Waals surface area (Å²) < 4.78 is 40.4.